The smallest absolute Gasteiger partial charge is 0.253 e. The minimum absolute atomic E-state index is 0.192. The lowest BCUT2D eigenvalue weighted by atomic mass is 9.87. The Hall–Kier alpha value is -3.78. The Bertz CT molecular complexity index is 1240. The summed E-state index contributed by atoms with van der Waals surface area (Å²) in [6.07, 6.45) is 0. The number of carbonyl (C=O) groups excluding carboxylic acids is 2. The summed E-state index contributed by atoms with van der Waals surface area (Å²) in [6, 6.07) is 16.2. The molecule has 3 aromatic carbocycles. The van der Waals surface area contributed by atoms with Gasteiger partial charge in [0.2, 0.25) is 11.7 Å². The normalized spacial score (nSPS) is 16.8. The molecular formula is C28H28ClFN2O5. The van der Waals surface area contributed by atoms with Gasteiger partial charge in [-0.1, -0.05) is 23.7 Å². The van der Waals surface area contributed by atoms with Crippen molar-refractivity contribution in [3.05, 3.63) is 88.2 Å². The lowest BCUT2D eigenvalue weighted by Gasteiger charge is -2.21. The number of rotatable bonds is 8. The van der Waals surface area contributed by atoms with Crippen LogP contribution >= 0.6 is 11.6 Å². The number of likely N-dealkylation sites (tertiary alicyclic amines) is 1. The SMILES string of the molecule is COc1cc(C2CN(C(=O)c3ccc(Cl)cc3)CC2C(=O)NCc2ccc(F)cc2)cc(OC)c1OC. The van der Waals surface area contributed by atoms with E-state index in [-0.39, 0.29) is 36.6 Å². The van der Waals surface area contributed by atoms with Crippen LogP contribution in [0.3, 0.4) is 0 Å². The van der Waals surface area contributed by atoms with E-state index in [1.54, 1.807) is 41.3 Å². The van der Waals surface area contributed by atoms with Gasteiger partial charge in [0.1, 0.15) is 5.82 Å². The first-order valence-corrected chi connectivity index (χ1v) is 12.1. The number of methoxy groups -OCH3 is 3. The lowest BCUT2D eigenvalue weighted by Crippen LogP contribution is -2.35. The fourth-order valence-corrected chi connectivity index (χ4v) is 4.71. The molecule has 1 fully saturated rings. The molecule has 0 spiro atoms. The van der Waals surface area contributed by atoms with Crippen LogP contribution in [-0.2, 0) is 11.3 Å². The van der Waals surface area contributed by atoms with E-state index < -0.39 is 5.92 Å². The molecule has 9 heteroatoms. The largest absolute Gasteiger partial charge is 0.493 e. The molecule has 0 saturated carbocycles. The van der Waals surface area contributed by atoms with E-state index in [4.69, 9.17) is 25.8 Å². The first-order chi connectivity index (χ1) is 17.8. The Balaban J connectivity index is 1.64. The summed E-state index contributed by atoms with van der Waals surface area (Å²) < 4.78 is 29.7. The molecule has 0 radical (unpaired) electrons. The van der Waals surface area contributed by atoms with Gasteiger partial charge in [-0.15, -0.1) is 0 Å². The Labute approximate surface area is 220 Å². The van der Waals surface area contributed by atoms with E-state index >= 15 is 0 Å². The van der Waals surface area contributed by atoms with Crippen LogP contribution in [0.15, 0.2) is 60.7 Å². The molecule has 194 valence electrons. The van der Waals surface area contributed by atoms with E-state index in [1.807, 2.05) is 12.1 Å². The molecule has 0 aliphatic carbocycles. The highest BCUT2D eigenvalue weighted by molar-refractivity contribution is 6.30. The molecule has 3 aromatic rings. The van der Waals surface area contributed by atoms with E-state index in [2.05, 4.69) is 5.32 Å². The van der Waals surface area contributed by atoms with Crippen molar-refractivity contribution in [1.82, 2.24) is 10.2 Å². The zero-order chi connectivity index (χ0) is 26.5. The number of amides is 2. The molecule has 37 heavy (non-hydrogen) atoms. The lowest BCUT2D eigenvalue weighted by molar-refractivity contribution is -0.125. The zero-order valence-electron chi connectivity index (χ0n) is 20.8. The van der Waals surface area contributed by atoms with Crippen molar-refractivity contribution in [2.24, 2.45) is 5.92 Å². The number of nitrogens with zero attached hydrogens (tertiary/aromatic N) is 1. The second-order valence-corrected chi connectivity index (χ2v) is 9.17. The highest BCUT2D eigenvalue weighted by atomic mass is 35.5. The van der Waals surface area contributed by atoms with Crippen molar-refractivity contribution in [1.29, 1.82) is 0 Å². The maximum absolute atomic E-state index is 13.4. The predicted octanol–water partition coefficient (Wildman–Crippen LogP) is 4.68. The van der Waals surface area contributed by atoms with Crippen LogP contribution in [-0.4, -0.2) is 51.1 Å². The molecule has 2 atom stereocenters. The summed E-state index contributed by atoms with van der Waals surface area (Å²) in [7, 11) is 4.58. The van der Waals surface area contributed by atoms with Crippen LogP contribution in [0.25, 0.3) is 0 Å². The van der Waals surface area contributed by atoms with Gasteiger partial charge in [-0.05, 0) is 59.7 Å². The number of hydrogen-bond donors (Lipinski definition) is 1. The number of nitrogens with one attached hydrogen (secondary N) is 1. The average Bonchev–Trinajstić information content (AvgIpc) is 3.37. The van der Waals surface area contributed by atoms with Gasteiger partial charge >= 0.3 is 0 Å². The van der Waals surface area contributed by atoms with Crippen LogP contribution in [0.2, 0.25) is 5.02 Å². The van der Waals surface area contributed by atoms with E-state index in [0.29, 0.717) is 34.4 Å². The standard InChI is InChI=1S/C28H28ClFN2O5/c1-35-24-12-19(13-25(36-2)26(24)37-3)22-15-32(28(34)18-6-8-20(29)9-7-18)16-23(22)27(33)31-14-17-4-10-21(30)11-5-17/h4-13,22-23H,14-16H2,1-3H3,(H,31,33). The van der Waals surface area contributed by atoms with E-state index in [0.717, 1.165) is 11.1 Å². The quantitative estimate of drug-likeness (QED) is 0.461. The Kier molecular flexibility index (Phi) is 8.18. The van der Waals surface area contributed by atoms with Gasteiger partial charge in [0, 0.05) is 36.1 Å². The van der Waals surface area contributed by atoms with Crippen molar-refractivity contribution < 1.29 is 28.2 Å². The molecule has 1 N–H and O–H groups in total. The number of carbonyl (C=O) groups is 2. The topological polar surface area (TPSA) is 77.1 Å². The van der Waals surface area contributed by atoms with Gasteiger partial charge in [-0.25, -0.2) is 4.39 Å². The Morgan fingerprint density at radius 3 is 2.14 bits per heavy atom. The van der Waals surface area contributed by atoms with Crippen LogP contribution in [0.1, 0.15) is 27.4 Å². The zero-order valence-corrected chi connectivity index (χ0v) is 21.5. The fraction of sp³-hybridized carbons (Fsp3) is 0.286. The highest BCUT2D eigenvalue weighted by Gasteiger charge is 2.41. The van der Waals surface area contributed by atoms with Crippen LogP contribution < -0.4 is 19.5 Å². The molecule has 7 nitrogen and oxygen atoms in total. The molecule has 4 rings (SSSR count). The van der Waals surface area contributed by atoms with Crippen molar-refractivity contribution in [2.75, 3.05) is 34.4 Å². The van der Waals surface area contributed by atoms with Gasteiger partial charge in [-0.3, -0.25) is 9.59 Å². The monoisotopic (exact) mass is 526 g/mol. The first-order valence-electron chi connectivity index (χ1n) is 11.7. The summed E-state index contributed by atoms with van der Waals surface area (Å²) in [5.74, 6) is -0.257. The van der Waals surface area contributed by atoms with Crippen molar-refractivity contribution >= 4 is 23.4 Å². The van der Waals surface area contributed by atoms with Crippen LogP contribution in [0.5, 0.6) is 17.2 Å². The Morgan fingerprint density at radius 1 is 0.946 bits per heavy atom. The van der Waals surface area contributed by atoms with Gasteiger partial charge in [0.15, 0.2) is 11.5 Å². The molecule has 0 bridgehead atoms. The van der Waals surface area contributed by atoms with Crippen molar-refractivity contribution in [3.63, 3.8) is 0 Å². The third kappa shape index (κ3) is 5.80. The third-order valence-corrected chi connectivity index (χ3v) is 6.78. The summed E-state index contributed by atoms with van der Waals surface area (Å²) in [5, 5.41) is 3.48. The predicted molar refractivity (Wildman–Crippen MR) is 138 cm³/mol. The minimum atomic E-state index is -0.542. The maximum atomic E-state index is 13.4. The van der Waals surface area contributed by atoms with Gasteiger partial charge in [0.25, 0.3) is 5.91 Å². The highest BCUT2D eigenvalue weighted by Crippen LogP contribution is 2.43. The number of ether oxygens (including phenoxy) is 3. The molecule has 2 unspecified atom stereocenters. The van der Waals surface area contributed by atoms with Gasteiger partial charge in [-0.2, -0.15) is 0 Å². The van der Waals surface area contributed by atoms with Gasteiger partial charge in [0.05, 0.1) is 27.2 Å². The average molecular weight is 527 g/mol. The fourth-order valence-electron chi connectivity index (χ4n) is 4.59. The van der Waals surface area contributed by atoms with E-state index in [1.165, 1.54) is 33.5 Å². The van der Waals surface area contributed by atoms with Crippen molar-refractivity contribution in [2.45, 2.75) is 12.5 Å². The molecule has 1 aliphatic heterocycles. The second kappa shape index (κ2) is 11.5. The maximum Gasteiger partial charge on any atom is 0.253 e. The summed E-state index contributed by atoms with van der Waals surface area (Å²) >= 11 is 5.99. The first kappa shape index (κ1) is 26.3. The number of halogens is 2. The number of hydrogen-bond acceptors (Lipinski definition) is 5. The van der Waals surface area contributed by atoms with Crippen LogP contribution in [0, 0.1) is 11.7 Å². The molecule has 0 aromatic heterocycles. The van der Waals surface area contributed by atoms with Crippen molar-refractivity contribution in [3.8, 4) is 17.2 Å². The molecule has 1 heterocycles. The summed E-state index contributed by atoms with van der Waals surface area (Å²) in [6.45, 7) is 0.773. The van der Waals surface area contributed by atoms with E-state index in [9.17, 15) is 14.0 Å². The molecule has 1 aliphatic rings. The molecule has 2 amide bonds. The second-order valence-electron chi connectivity index (χ2n) is 8.73. The van der Waals surface area contributed by atoms with Crippen LogP contribution in [0.4, 0.5) is 4.39 Å². The Morgan fingerprint density at radius 2 is 1.57 bits per heavy atom. The minimum Gasteiger partial charge on any atom is -0.493 e. The third-order valence-electron chi connectivity index (χ3n) is 6.53. The molecule has 1 saturated heterocycles. The summed E-state index contributed by atoms with van der Waals surface area (Å²) in [4.78, 5) is 28.4. The van der Waals surface area contributed by atoms with Gasteiger partial charge < -0.3 is 24.4 Å². The molecular weight excluding hydrogens is 499 g/mol. The summed E-state index contributed by atoms with van der Waals surface area (Å²) in [5.41, 5.74) is 2.04. The number of benzene rings is 3.